The van der Waals surface area contributed by atoms with Crippen molar-refractivity contribution < 1.29 is 9.90 Å². The van der Waals surface area contributed by atoms with Crippen LogP contribution in [0.25, 0.3) is 0 Å². The lowest BCUT2D eigenvalue weighted by molar-refractivity contribution is -0.140. The molecule has 0 unspecified atom stereocenters. The van der Waals surface area contributed by atoms with Crippen LogP contribution in [0.5, 0.6) is 0 Å². The molecule has 2 aliphatic heterocycles. The van der Waals surface area contributed by atoms with Crippen LogP contribution in [0.1, 0.15) is 66.2 Å². The van der Waals surface area contributed by atoms with Crippen LogP contribution in [0.2, 0.25) is 0 Å². The van der Waals surface area contributed by atoms with Gasteiger partial charge in [-0.15, -0.1) is 0 Å². The van der Waals surface area contributed by atoms with Gasteiger partial charge < -0.3 is 14.9 Å². The highest BCUT2D eigenvalue weighted by atomic mass is 16.3. The predicted molar refractivity (Wildman–Crippen MR) is 94.3 cm³/mol. The Bertz CT molecular complexity index is 379. The van der Waals surface area contributed by atoms with Gasteiger partial charge in [-0.1, -0.05) is 13.8 Å². The van der Waals surface area contributed by atoms with E-state index in [2.05, 4.69) is 32.6 Å². The first-order chi connectivity index (χ1) is 10.8. The van der Waals surface area contributed by atoms with Gasteiger partial charge in [0.1, 0.15) is 0 Å². The van der Waals surface area contributed by atoms with Gasteiger partial charge in [0.25, 0.3) is 0 Å². The zero-order valence-corrected chi connectivity index (χ0v) is 15.6. The summed E-state index contributed by atoms with van der Waals surface area (Å²) in [6, 6.07) is 0.523. The summed E-state index contributed by atoms with van der Waals surface area (Å²) in [5.41, 5.74) is -0.781. The molecule has 2 fully saturated rings. The molecule has 4 nitrogen and oxygen atoms in total. The molecule has 0 atom stereocenters. The quantitative estimate of drug-likeness (QED) is 0.845. The van der Waals surface area contributed by atoms with Gasteiger partial charge in [-0.05, 0) is 57.8 Å². The van der Waals surface area contributed by atoms with Crippen molar-refractivity contribution in [2.75, 3.05) is 26.2 Å². The highest BCUT2D eigenvalue weighted by Gasteiger charge is 2.36. The van der Waals surface area contributed by atoms with Gasteiger partial charge in [-0.3, -0.25) is 4.79 Å². The zero-order chi connectivity index (χ0) is 17.0. The molecule has 2 rings (SSSR count). The van der Waals surface area contributed by atoms with Crippen molar-refractivity contribution in [3.05, 3.63) is 0 Å². The third-order valence-corrected chi connectivity index (χ3v) is 5.71. The van der Waals surface area contributed by atoms with E-state index in [1.54, 1.807) is 0 Å². The summed E-state index contributed by atoms with van der Waals surface area (Å²) in [4.78, 5) is 16.9. The maximum atomic E-state index is 12.6. The number of carbonyl (C=O) groups is 1. The lowest BCUT2D eigenvalue weighted by atomic mass is 9.86. The molecule has 1 N–H and O–H groups in total. The average molecular weight is 325 g/mol. The van der Waals surface area contributed by atoms with Crippen LogP contribution in [0.3, 0.4) is 0 Å². The molecule has 2 aliphatic rings. The number of likely N-dealkylation sites (tertiary alicyclic amines) is 2. The third-order valence-electron chi connectivity index (χ3n) is 5.71. The summed E-state index contributed by atoms with van der Waals surface area (Å²) < 4.78 is 0. The van der Waals surface area contributed by atoms with Crippen molar-refractivity contribution >= 4 is 5.91 Å². The Balaban J connectivity index is 1.77. The minimum absolute atomic E-state index is 0.161. The van der Waals surface area contributed by atoms with E-state index < -0.39 is 5.60 Å². The van der Waals surface area contributed by atoms with Crippen molar-refractivity contribution in [2.24, 2.45) is 11.8 Å². The number of nitrogens with zero attached hydrogens (tertiary/aromatic N) is 2. The molecule has 2 saturated heterocycles. The number of carbonyl (C=O) groups excluding carboxylic acids is 1. The van der Waals surface area contributed by atoms with Crippen LogP contribution in [0, 0.1) is 11.8 Å². The van der Waals surface area contributed by atoms with Crippen molar-refractivity contribution in [2.45, 2.75) is 77.9 Å². The molecule has 0 radical (unpaired) electrons. The van der Waals surface area contributed by atoms with E-state index >= 15 is 0 Å². The lowest BCUT2D eigenvalue weighted by Gasteiger charge is -2.41. The standard InChI is InChI=1S/C19H36N2O2/c1-15(2)13-17-5-9-21(10-6-17)18(22)14-19(23)7-11-20(12-8-19)16(3)4/h15-17,23H,5-14H2,1-4H3. The Hall–Kier alpha value is -0.610. The molecule has 134 valence electrons. The Morgan fingerprint density at radius 1 is 1.09 bits per heavy atom. The van der Waals surface area contributed by atoms with E-state index in [1.165, 1.54) is 6.42 Å². The second kappa shape index (κ2) is 7.98. The first-order valence-electron chi connectivity index (χ1n) is 9.53. The van der Waals surface area contributed by atoms with Gasteiger partial charge in [0.05, 0.1) is 12.0 Å². The van der Waals surface area contributed by atoms with Gasteiger partial charge >= 0.3 is 0 Å². The van der Waals surface area contributed by atoms with Gasteiger partial charge in [0, 0.05) is 32.2 Å². The molecule has 23 heavy (non-hydrogen) atoms. The topological polar surface area (TPSA) is 43.8 Å². The molecule has 2 heterocycles. The predicted octanol–water partition coefficient (Wildman–Crippen LogP) is 2.90. The fraction of sp³-hybridized carbons (Fsp3) is 0.947. The smallest absolute Gasteiger partial charge is 0.225 e. The minimum atomic E-state index is -0.781. The molecule has 4 heteroatoms. The van der Waals surface area contributed by atoms with E-state index in [9.17, 15) is 9.90 Å². The second-order valence-electron chi connectivity index (χ2n) is 8.48. The Morgan fingerprint density at radius 3 is 2.13 bits per heavy atom. The maximum absolute atomic E-state index is 12.6. The SMILES string of the molecule is CC(C)CC1CCN(C(=O)CC2(O)CCN(C(C)C)CC2)CC1. The van der Waals surface area contributed by atoms with Gasteiger partial charge in [0.2, 0.25) is 5.91 Å². The van der Waals surface area contributed by atoms with E-state index in [0.29, 0.717) is 12.5 Å². The van der Waals surface area contributed by atoms with Crippen molar-refractivity contribution in [1.82, 2.24) is 9.80 Å². The molecule has 1 amide bonds. The van der Waals surface area contributed by atoms with Crippen LogP contribution in [0.15, 0.2) is 0 Å². The van der Waals surface area contributed by atoms with Crippen LogP contribution in [0.4, 0.5) is 0 Å². The maximum Gasteiger partial charge on any atom is 0.225 e. The Kier molecular flexibility index (Phi) is 6.49. The van der Waals surface area contributed by atoms with E-state index in [4.69, 9.17) is 0 Å². The molecule has 0 aromatic heterocycles. The molecule has 0 aliphatic carbocycles. The summed E-state index contributed by atoms with van der Waals surface area (Å²) in [7, 11) is 0. The number of amides is 1. The van der Waals surface area contributed by atoms with E-state index in [1.807, 2.05) is 4.90 Å². The summed E-state index contributed by atoms with van der Waals surface area (Å²) in [6.07, 6.45) is 5.29. The van der Waals surface area contributed by atoms with Gasteiger partial charge in [-0.25, -0.2) is 0 Å². The minimum Gasteiger partial charge on any atom is -0.389 e. The normalized spacial score (nSPS) is 23.7. The van der Waals surface area contributed by atoms with E-state index in [-0.39, 0.29) is 5.91 Å². The van der Waals surface area contributed by atoms with Crippen molar-refractivity contribution in [3.63, 3.8) is 0 Å². The summed E-state index contributed by atoms with van der Waals surface area (Å²) in [6.45, 7) is 12.5. The summed E-state index contributed by atoms with van der Waals surface area (Å²) >= 11 is 0. The second-order valence-corrected chi connectivity index (χ2v) is 8.48. The van der Waals surface area contributed by atoms with Crippen LogP contribution in [-0.4, -0.2) is 58.6 Å². The molecule has 0 saturated carbocycles. The molecular weight excluding hydrogens is 288 g/mol. The molecule has 0 spiro atoms. The molecular formula is C19H36N2O2. The fourth-order valence-corrected chi connectivity index (χ4v) is 4.11. The Morgan fingerprint density at radius 2 is 1.65 bits per heavy atom. The zero-order valence-electron chi connectivity index (χ0n) is 15.6. The van der Waals surface area contributed by atoms with Crippen molar-refractivity contribution in [3.8, 4) is 0 Å². The fourth-order valence-electron chi connectivity index (χ4n) is 4.11. The average Bonchev–Trinajstić information content (AvgIpc) is 2.47. The first-order valence-corrected chi connectivity index (χ1v) is 9.53. The number of hydrogen-bond donors (Lipinski definition) is 1. The molecule has 0 aromatic rings. The monoisotopic (exact) mass is 324 g/mol. The van der Waals surface area contributed by atoms with Crippen LogP contribution < -0.4 is 0 Å². The highest BCUT2D eigenvalue weighted by Crippen LogP contribution is 2.29. The lowest BCUT2D eigenvalue weighted by Crippen LogP contribution is -2.50. The van der Waals surface area contributed by atoms with E-state index in [0.717, 1.165) is 63.7 Å². The first kappa shape index (κ1) is 18.7. The highest BCUT2D eigenvalue weighted by molar-refractivity contribution is 5.77. The van der Waals surface area contributed by atoms with Gasteiger partial charge in [0.15, 0.2) is 0 Å². The van der Waals surface area contributed by atoms with Crippen molar-refractivity contribution in [1.29, 1.82) is 0 Å². The van der Waals surface area contributed by atoms with Gasteiger partial charge in [-0.2, -0.15) is 0 Å². The molecule has 0 bridgehead atoms. The third kappa shape index (κ3) is 5.46. The van der Waals surface area contributed by atoms with Crippen LogP contribution >= 0.6 is 0 Å². The number of piperidine rings is 2. The number of rotatable bonds is 5. The largest absolute Gasteiger partial charge is 0.389 e. The molecule has 0 aromatic carbocycles. The number of aliphatic hydroxyl groups is 1. The number of hydrogen-bond acceptors (Lipinski definition) is 3. The van der Waals surface area contributed by atoms with Crippen LogP contribution in [-0.2, 0) is 4.79 Å². The summed E-state index contributed by atoms with van der Waals surface area (Å²) in [5, 5.41) is 10.8. The summed E-state index contributed by atoms with van der Waals surface area (Å²) in [5.74, 6) is 1.68. The Labute approximate surface area is 142 Å².